The van der Waals surface area contributed by atoms with E-state index in [0.29, 0.717) is 24.9 Å². The van der Waals surface area contributed by atoms with E-state index in [1.165, 1.54) is 6.07 Å². The number of carbonyl (C=O) groups is 2. The summed E-state index contributed by atoms with van der Waals surface area (Å²) in [4.78, 5) is 48.6. The summed E-state index contributed by atoms with van der Waals surface area (Å²) in [6.45, 7) is 0.490. The zero-order chi connectivity index (χ0) is 24.8. The number of hydrogen-bond acceptors (Lipinski definition) is 6. The molecule has 2 aliphatic heterocycles. The number of likely N-dealkylation sites (N-methyl/N-ethyl adjacent to an activating group) is 1. The Hall–Kier alpha value is -3.82. The Morgan fingerprint density at radius 1 is 1.14 bits per heavy atom. The lowest BCUT2D eigenvalue weighted by Crippen LogP contribution is -2.65. The van der Waals surface area contributed by atoms with E-state index in [1.807, 2.05) is 35.3 Å². The minimum atomic E-state index is -0.873. The first-order valence-corrected chi connectivity index (χ1v) is 12.2. The fourth-order valence-electron chi connectivity index (χ4n) is 6.46. The summed E-state index contributed by atoms with van der Waals surface area (Å²) in [7, 11) is 1.69. The Bertz CT molecular complexity index is 1580. The molecule has 0 radical (unpaired) electrons. The Morgan fingerprint density at radius 2 is 1.94 bits per heavy atom. The molecular weight excluding hydrogens is 458 g/mol. The second kappa shape index (κ2) is 7.35. The molecule has 3 atom stereocenters. The van der Waals surface area contributed by atoms with Crippen LogP contribution in [0.15, 0.2) is 41.2 Å². The first kappa shape index (κ1) is 21.5. The Kier molecular flexibility index (Phi) is 4.38. The number of pyridine rings is 2. The highest BCUT2D eigenvalue weighted by atomic mass is 16.3. The molecule has 1 fully saturated rings. The van der Waals surface area contributed by atoms with Crippen LogP contribution in [-0.4, -0.2) is 55.8 Å². The van der Waals surface area contributed by atoms with Gasteiger partial charge in [-0.05, 0) is 41.8 Å². The Balaban J connectivity index is 1.21. The SMILES string of the molecule is CN1C(=O)NCC(=O)[C@]12Cc1cc3ccc(CN4C(O)c5cc(=O)[nH]c6c5C4CC=C6)nc3cc1C2. The minimum absolute atomic E-state index is 0.0248. The van der Waals surface area contributed by atoms with Gasteiger partial charge in [0.2, 0.25) is 5.56 Å². The van der Waals surface area contributed by atoms with Gasteiger partial charge in [0, 0.05) is 60.7 Å². The molecule has 4 heterocycles. The third kappa shape index (κ3) is 2.90. The second-order valence-corrected chi connectivity index (χ2v) is 10.3. The number of aliphatic hydroxyl groups excluding tert-OH is 1. The minimum Gasteiger partial charge on any atom is -0.374 e. The van der Waals surface area contributed by atoms with Gasteiger partial charge in [0.1, 0.15) is 11.8 Å². The van der Waals surface area contributed by atoms with Crippen molar-refractivity contribution in [3.05, 3.63) is 80.4 Å². The molecule has 1 saturated heterocycles. The fraction of sp³-hybridized carbons (Fsp3) is 0.333. The number of fused-ring (bicyclic) bond motifs is 2. The molecule has 3 aromatic rings. The monoisotopic (exact) mass is 483 g/mol. The average Bonchev–Trinajstić information content (AvgIpc) is 3.36. The van der Waals surface area contributed by atoms with Gasteiger partial charge in [0.25, 0.3) is 0 Å². The van der Waals surface area contributed by atoms with Crippen LogP contribution in [0.25, 0.3) is 17.0 Å². The summed E-state index contributed by atoms with van der Waals surface area (Å²) in [6.07, 6.45) is 4.81. The molecule has 36 heavy (non-hydrogen) atoms. The molecule has 1 aromatic carbocycles. The van der Waals surface area contributed by atoms with Gasteiger partial charge in [-0.3, -0.25) is 19.5 Å². The summed E-state index contributed by atoms with van der Waals surface area (Å²) >= 11 is 0. The van der Waals surface area contributed by atoms with Crippen molar-refractivity contribution in [3.8, 4) is 0 Å². The fourth-order valence-corrected chi connectivity index (χ4v) is 6.46. The van der Waals surface area contributed by atoms with Crippen LogP contribution in [0.2, 0.25) is 0 Å². The van der Waals surface area contributed by atoms with Crippen molar-refractivity contribution in [1.29, 1.82) is 0 Å². The quantitative estimate of drug-likeness (QED) is 0.513. The number of nitrogens with zero attached hydrogens (tertiary/aromatic N) is 3. The van der Waals surface area contributed by atoms with Crippen LogP contribution < -0.4 is 10.9 Å². The van der Waals surface area contributed by atoms with E-state index >= 15 is 0 Å². The van der Waals surface area contributed by atoms with Crippen LogP contribution in [0, 0.1) is 0 Å². The van der Waals surface area contributed by atoms with Crippen LogP contribution in [0.1, 0.15) is 52.3 Å². The molecule has 1 spiro atoms. The maximum Gasteiger partial charge on any atom is 0.318 e. The number of H-pyrrole nitrogens is 1. The van der Waals surface area contributed by atoms with E-state index in [0.717, 1.165) is 45.4 Å². The third-order valence-corrected chi connectivity index (χ3v) is 8.36. The zero-order valence-electron chi connectivity index (χ0n) is 19.7. The molecular formula is C27H25N5O4. The standard InChI is InChI=1S/C27H25N5O4/c1-31-26(36)28-12-22(33)27(31)10-15-7-14-5-6-17(29-20(14)8-16(15)11-27)13-32-21-4-2-3-19-24(21)18(25(32)35)9-23(34)30-19/h2-3,5-9,21,25,35H,4,10-13H2,1H3,(H,28,36)(H,30,34)/t21?,25?,27-/m1/s1. The predicted octanol–water partition coefficient (Wildman–Crippen LogP) is 1.95. The summed E-state index contributed by atoms with van der Waals surface area (Å²) < 4.78 is 0. The highest BCUT2D eigenvalue weighted by Gasteiger charge is 2.51. The molecule has 9 nitrogen and oxygen atoms in total. The molecule has 182 valence electrons. The number of aromatic nitrogens is 2. The van der Waals surface area contributed by atoms with E-state index in [9.17, 15) is 19.5 Å². The highest BCUT2D eigenvalue weighted by molar-refractivity contribution is 6.00. The number of amides is 2. The lowest BCUT2D eigenvalue weighted by Gasteiger charge is -2.41. The van der Waals surface area contributed by atoms with Crippen molar-refractivity contribution < 1.29 is 14.7 Å². The first-order chi connectivity index (χ1) is 17.3. The number of aliphatic hydroxyl groups is 1. The molecule has 0 bridgehead atoms. The molecule has 2 aromatic heterocycles. The van der Waals surface area contributed by atoms with Gasteiger partial charge < -0.3 is 20.3 Å². The van der Waals surface area contributed by atoms with Crippen LogP contribution in [0.3, 0.4) is 0 Å². The van der Waals surface area contributed by atoms with Gasteiger partial charge in [0.15, 0.2) is 5.78 Å². The number of benzene rings is 1. The maximum atomic E-state index is 12.9. The van der Waals surface area contributed by atoms with Crippen LogP contribution in [0.4, 0.5) is 4.79 Å². The number of ketones is 1. The van der Waals surface area contributed by atoms with Gasteiger partial charge in [0.05, 0.1) is 17.8 Å². The number of hydrogen-bond donors (Lipinski definition) is 3. The number of nitrogens with one attached hydrogen (secondary N) is 2. The third-order valence-electron chi connectivity index (χ3n) is 8.36. The molecule has 2 amide bonds. The normalized spacial score (nSPS) is 26.6. The number of carbonyl (C=O) groups excluding carboxylic acids is 2. The maximum absolute atomic E-state index is 12.9. The topological polar surface area (TPSA) is 119 Å². The summed E-state index contributed by atoms with van der Waals surface area (Å²) in [5.41, 5.74) is 5.11. The summed E-state index contributed by atoms with van der Waals surface area (Å²) in [5, 5.41) is 14.7. The number of urea groups is 1. The van der Waals surface area contributed by atoms with Crippen LogP contribution in [0.5, 0.6) is 0 Å². The van der Waals surface area contributed by atoms with Crippen LogP contribution >= 0.6 is 0 Å². The van der Waals surface area contributed by atoms with E-state index in [2.05, 4.69) is 16.4 Å². The number of aromatic amines is 1. The van der Waals surface area contributed by atoms with Gasteiger partial charge >= 0.3 is 6.03 Å². The number of rotatable bonds is 2. The van der Waals surface area contributed by atoms with E-state index < -0.39 is 11.8 Å². The molecule has 2 aliphatic carbocycles. The molecule has 3 N–H and O–H groups in total. The van der Waals surface area contributed by atoms with E-state index in [1.54, 1.807) is 11.9 Å². The van der Waals surface area contributed by atoms with Crippen molar-refractivity contribution in [1.82, 2.24) is 25.1 Å². The second-order valence-electron chi connectivity index (χ2n) is 10.3. The Labute approximate surface area is 206 Å². The molecule has 9 heteroatoms. The highest BCUT2D eigenvalue weighted by Crippen LogP contribution is 2.46. The lowest BCUT2D eigenvalue weighted by molar-refractivity contribution is -0.129. The lowest BCUT2D eigenvalue weighted by atomic mass is 9.87. The average molecular weight is 484 g/mol. The van der Waals surface area contributed by atoms with Gasteiger partial charge in [-0.25, -0.2) is 4.79 Å². The van der Waals surface area contributed by atoms with Crippen molar-refractivity contribution in [2.24, 2.45) is 0 Å². The summed E-state index contributed by atoms with van der Waals surface area (Å²) in [5.74, 6) is 0.0282. The first-order valence-electron chi connectivity index (χ1n) is 12.2. The van der Waals surface area contributed by atoms with Gasteiger partial charge in [-0.15, -0.1) is 0 Å². The smallest absolute Gasteiger partial charge is 0.318 e. The molecule has 2 unspecified atom stereocenters. The van der Waals surface area contributed by atoms with Crippen molar-refractivity contribution in [3.63, 3.8) is 0 Å². The van der Waals surface area contributed by atoms with Crippen LogP contribution in [-0.2, 0) is 24.2 Å². The Morgan fingerprint density at radius 3 is 2.78 bits per heavy atom. The zero-order valence-corrected chi connectivity index (χ0v) is 19.7. The largest absolute Gasteiger partial charge is 0.374 e. The molecule has 4 aliphatic rings. The van der Waals surface area contributed by atoms with Crippen molar-refractivity contribution in [2.75, 3.05) is 13.6 Å². The number of Topliss-reactive ketones (excluding diaryl/α,β-unsaturated/α-hetero) is 1. The van der Waals surface area contributed by atoms with Gasteiger partial charge in [-0.2, -0.15) is 0 Å². The molecule has 0 saturated carbocycles. The molecule has 7 rings (SSSR count). The summed E-state index contributed by atoms with van der Waals surface area (Å²) in [6, 6.07) is 9.34. The van der Waals surface area contributed by atoms with E-state index in [4.69, 9.17) is 4.98 Å². The van der Waals surface area contributed by atoms with Gasteiger partial charge in [-0.1, -0.05) is 12.1 Å². The van der Waals surface area contributed by atoms with Crippen molar-refractivity contribution in [2.45, 2.75) is 43.6 Å². The van der Waals surface area contributed by atoms with E-state index in [-0.39, 0.29) is 30.0 Å². The predicted molar refractivity (Wildman–Crippen MR) is 132 cm³/mol. The van der Waals surface area contributed by atoms with Crippen molar-refractivity contribution >= 4 is 28.8 Å².